The number of hydrogen-bond acceptors (Lipinski definition) is 5. The monoisotopic (exact) mass is 364 g/mol. The van der Waals surface area contributed by atoms with Crippen LogP contribution < -0.4 is 5.56 Å². The number of carbonyl (C=O) groups is 2. The number of ether oxygens (including phenoxy) is 1. The van der Waals surface area contributed by atoms with Crippen molar-refractivity contribution in [1.82, 2.24) is 9.55 Å². The van der Waals surface area contributed by atoms with Crippen LogP contribution in [0, 0.1) is 17.0 Å². The van der Waals surface area contributed by atoms with E-state index in [1.54, 1.807) is 6.92 Å². The minimum Gasteiger partial charge on any atom is -0.465 e. The molecule has 1 atom stereocenters. The Bertz CT molecular complexity index is 941. The van der Waals surface area contributed by atoms with Crippen molar-refractivity contribution in [2.45, 2.75) is 39.2 Å². The molecule has 6 nitrogen and oxygen atoms in total. The summed E-state index contributed by atoms with van der Waals surface area (Å²) in [5, 5.41) is 0. The first-order valence-electron chi connectivity index (χ1n) is 8.44. The lowest BCUT2D eigenvalue weighted by Crippen LogP contribution is -2.39. The van der Waals surface area contributed by atoms with Crippen LogP contribution in [0.4, 0.5) is 8.78 Å². The lowest BCUT2D eigenvalue weighted by atomic mass is 9.81. The molecular formula is C18H18F2N2O4. The van der Waals surface area contributed by atoms with Crippen LogP contribution in [0.15, 0.2) is 23.1 Å². The van der Waals surface area contributed by atoms with Crippen LogP contribution in [0.1, 0.15) is 32.6 Å². The van der Waals surface area contributed by atoms with Crippen molar-refractivity contribution in [2.75, 3.05) is 6.61 Å². The SMILES string of the molecule is CCOC(=O)C1(CCn2c(=O)cnc3cc(F)c(F)cc32)CCCC1=O. The highest BCUT2D eigenvalue weighted by Gasteiger charge is 2.49. The normalized spacial score (nSPS) is 19.9. The largest absolute Gasteiger partial charge is 0.465 e. The van der Waals surface area contributed by atoms with Gasteiger partial charge in [-0.3, -0.25) is 14.4 Å². The summed E-state index contributed by atoms with van der Waals surface area (Å²) in [6.07, 6.45) is 2.27. The summed E-state index contributed by atoms with van der Waals surface area (Å²) in [6.45, 7) is 1.80. The van der Waals surface area contributed by atoms with Gasteiger partial charge in [0.25, 0.3) is 5.56 Å². The quantitative estimate of drug-likeness (QED) is 0.601. The van der Waals surface area contributed by atoms with Crippen molar-refractivity contribution in [3.8, 4) is 0 Å². The van der Waals surface area contributed by atoms with Crippen LogP contribution in [-0.4, -0.2) is 27.9 Å². The molecule has 138 valence electrons. The van der Waals surface area contributed by atoms with E-state index < -0.39 is 28.6 Å². The molecule has 0 saturated heterocycles. The zero-order chi connectivity index (χ0) is 18.9. The minimum absolute atomic E-state index is 0.00647. The first-order chi connectivity index (χ1) is 12.4. The summed E-state index contributed by atoms with van der Waals surface area (Å²) in [7, 11) is 0. The van der Waals surface area contributed by atoms with Gasteiger partial charge >= 0.3 is 5.97 Å². The van der Waals surface area contributed by atoms with Gasteiger partial charge in [0, 0.05) is 25.1 Å². The van der Waals surface area contributed by atoms with Crippen molar-refractivity contribution >= 4 is 22.8 Å². The van der Waals surface area contributed by atoms with Gasteiger partial charge in [-0.25, -0.2) is 13.8 Å². The fraction of sp³-hybridized carbons (Fsp3) is 0.444. The standard InChI is InChI=1S/C18H18F2N2O4/c1-2-26-17(25)18(5-3-4-15(18)23)6-7-22-14-9-12(20)11(19)8-13(14)21-10-16(22)24/h8-10H,2-7H2,1H3. The summed E-state index contributed by atoms with van der Waals surface area (Å²) in [5.74, 6) is -2.97. The first kappa shape index (κ1) is 18.2. The van der Waals surface area contributed by atoms with Gasteiger partial charge in [0.2, 0.25) is 0 Å². The Kier molecular flexibility index (Phi) is 4.84. The molecule has 8 heteroatoms. The van der Waals surface area contributed by atoms with E-state index in [0.29, 0.717) is 12.8 Å². The lowest BCUT2D eigenvalue weighted by Gasteiger charge is -2.25. The number of fused-ring (bicyclic) bond motifs is 1. The van der Waals surface area contributed by atoms with Gasteiger partial charge in [-0.2, -0.15) is 0 Å². The maximum absolute atomic E-state index is 13.6. The highest BCUT2D eigenvalue weighted by molar-refractivity contribution is 6.05. The van der Waals surface area contributed by atoms with Crippen molar-refractivity contribution in [3.05, 3.63) is 40.3 Å². The summed E-state index contributed by atoms with van der Waals surface area (Å²) in [4.78, 5) is 40.8. The molecular weight excluding hydrogens is 346 g/mol. The third-order valence-electron chi connectivity index (χ3n) is 4.86. The van der Waals surface area contributed by atoms with Gasteiger partial charge in [-0.05, 0) is 26.2 Å². The average Bonchev–Trinajstić information content (AvgIpc) is 2.98. The van der Waals surface area contributed by atoms with Crippen LogP contribution in [-0.2, 0) is 20.9 Å². The summed E-state index contributed by atoms with van der Waals surface area (Å²) in [6, 6.07) is 1.80. The van der Waals surface area contributed by atoms with Crippen molar-refractivity contribution in [1.29, 1.82) is 0 Å². The Labute approximate surface area is 147 Å². The van der Waals surface area contributed by atoms with Crippen LogP contribution in [0.3, 0.4) is 0 Å². The number of carbonyl (C=O) groups excluding carboxylic acids is 2. The number of Topliss-reactive ketones (excluding diaryl/α,β-unsaturated/α-hetero) is 1. The molecule has 0 spiro atoms. The molecule has 2 aromatic rings. The van der Waals surface area contributed by atoms with E-state index in [2.05, 4.69) is 4.98 Å². The van der Waals surface area contributed by atoms with Crippen LogP contribution in [0.2, 0.25) is 0 Å². The number of rotatable bonds is 5. The number of halogens is 2. The van der Waals surface area contributed by atoms with E-state index >= 15 is 0 Å². The molecule has 0 bridgehead atoms. The molecule has 1 aromatic carbocycles. The predicted octanol–water partition coefficient (Wildman–Crippen LogP) is 2.37. The number of benzene rings is 1. The van der Waals surface area contributed by atoms with E-state index in [1.165, 1.54) is 4.57 Å². The number of nitrogens with zero attached hydrogens (tertiary/aromatic N) is 2. The zero-order valence-corrected chi connectivity index (χ0v) is 14.3. The number of ketones is 1. The van der Waals surface area contributed by atoms with E-state index in [0.717, 1.165) is 18.3 Å². The van der Waals surface area contributed by atoms with Crippen LogP contribution >= 0.6 is 0 Å². The van der Waals surface area contributed by atoms with Gasteiger partial charge in [-0.1, -0.05) is 0 Å². The maximum Gasteiger partial charge on any atom is 0.319 e. The lowest BCUT2D eigenvalue weighted by molar-refractivity contribution is -0.159. The fourth-order valence-corrected chi connectivity index (χ4v) is 3.47. The van der Waals surface area contributed by atoms with E-state index in [9.17, 15) is 23.2 Å². The molecule has 1 fully saturated rings. The van der Waals surface area contributed by atoms with Crippen LogP contribution in [0.25, 0.3) is 11.0 Å². The molecule has 0 amide bonds. The van der Waals surface area contributed by atoms with Gasteiger partial charge in [-0.15, -0.1) is 0 Å². The number of aryl methyl sites for hydroxylation is 1. The smallest absolute Gasteiger partial charge is 0.319 e. The molecule has 0 radical (unpaired) electrons. The average molecular weight is 364 g/mol. The number of hydrogen-bond donors (Lipinski definition) is 0. The molecule has 1 saturated carbocycles. The molecule has 1 aliphatic carbocycles. The maximum atomic E-state index is 13.6. The zero-order valence-electron chi connectivity index (χ0n) is 14.3. The van der Waals surface area contributed by atoms with Crippen molar-refractivity contribution in [3.63, 3.8) is 0 Å². The third-order valence-corrected chi connectivity index (χ3v) is 4.86. The first-order valence-corrected chi connectivity index (χ1v) is 8.44. The Morgan fingerprint density at radius 3 is 2.69 bits per heavy atom. The highest BCUT2D eigenvalue weighted by Crippen LogP contribution is 2.40. The molecule has 1 heterocycles. The van der Waals surface area contributed by atoms with E-state index in [4.69, 9.17) is 4.74 Å². The molecule has 3 rings (SSSR count). The Balaban J connectivity index is 1.99. The Morgan fingerprint density at radius 1 is 1.31 bits per heavy atom. The Morgan fingerprint density at radius 2 is 2.04 bits per heavy atom. The summed E-state index contributed by atoms with van der Waals surface area (Å²) < 4.78 is 33.3. The fourth-order valence-electron chi connectivity index (χ4n) is 3.47. The molecule has 1 unspecified atom stereocenters. The van der Waals surface area contributed by atoms with E-state index in [-0.39, 0.29) is 42.8 Å². The van der Waals surface area contributed by atoms with Gasteiger partial charge in [0.15, 0.2) is 11.6 Å². The topological polar surface area (TPSA) is 78.3 Å². The van der Waals surface area contributed by atoms with Gasteiger partial charge in [0.1, 0.15) is 11.2 Å². The molecule has 0 aliphatic heterocycles. The second kappa shape index (κ2) is 6.93. The third kappa shape index (κ3) is 3.00. The summed E-state index contributed by atoms with van der Waals surface area (Å²) in [5.41, 5.74) is -1.58. The van der Waals surface area contributed by atoms with E-state index in [1.807, 2.05) is 0 Å². The minimum atomic E-state index is -1.29. The van der Waals surface area contributed by atoms with Crippen molar-refractivity contribution in [2.24, 2.45) is 5.41 Å². The molecule has 0 N–H and O–H groups in total. The van der Waals surface area contributed by atoms with Crippen LogP contribution in [0.5, 0.6) is 0 Å². The number of esters is 1. The van der Waals surface area contributed by atoms with Gasteiger partial charge in [0.05, 0.1) is 23.8 Å². The number of aromatic nitrogens is 2. The predicted molar refractivity (Wildman–Crippen MR) is 88.5 cm³/mol. The molecule has 1 aliphatic rings. The second-order valence-electron chi connectivity index (χ2n) is 6.33. The highest BCUT2D eigenvalue weighted by atomic mass is 19.2. The molecule has 1 aromatic heterocycles. The molecule has 26 heavy (non-hydrogen) atoms. The summed E-state index contributed by atoms with van der Waals surface area (Å²) >= 11 is 0. The Hall–Kier alpha value is -2.64. The van der Waals surface area contributed by atoms with Gasteiger partial charge < -0.3 is 9.30 Å². The second-order valence-corrected chi connectivity index (χ2v) is 6.33. The van der Waals surface area contributed by atoms with Crippen molar-refractivity contribution < 1.29 is 23.1 Å².